The molecule has 3 nitrogen and oxygen atoms in total. The van der Waals surface area contributed by atoms with Gasteiger partial charge in [-0.3, -0.25) is 4.79 Å². The number of nitrogens with one attached hydrogen (secondary N) is 1. The standard InChI is InChI=1S/C13H13FN2OS/c1-8(9-4-5-18-7-9)16-10-2-3-12(14)11(6-10)13(15)17/h2-8,16H,1H3,(H2,15,17). The van der Waals surface area contributed by atoms with E-state index in [2.05, 4.69) is 5.32 Å². The highest BCUT2D eigenvalue weighted by atomic mass is 32.1. The average molecular weight is 264 g/mol. The molecule has 0 aliphatic rings. The van der Waals surface area contributed by atoms with Gasteiger partial charge < -0.3 is 11.1 Å². The van der Waals surface area contributed by atoms with E-state index >= 15 is 0 Å². The zero-order chi connectivity index (χ0) is 13.1. The molecule has 0 saturated carbocycles. The molecule has 18 heavy (non-hydrogen) atoms. The maximum Gasteiger partial charge on any atom is 0.251 e. The summed E-state index contributed by atoms with van der Waals surface area (Å²) in [6.45, 7) is 2.00. The van der Waals surface area contributed by atoms with Gasteiger partial charge in [-0.25, -0.2) is 4.39 Å². The van der Waals surface area contributed by atoms with Crippen molar-refractivity contribution in [3.05, 3.63) is 52.0 Å². The number of thiophene rings is 1. The first-order valence-corrected chi connectivity index (χ1v) is 6.40. The van der Waals surface area contributed by atoms with Crippen molar-refractivity contribution >= 4 is 22.9 Å². The maximum absolute atomic E-state index is 13.3. The number of amides is 1. The van der Waals surface area contributed by atoms with Crippen LogP contribution in [0.25, 0.3) is 0 Å². The van der Waals surface area contributed by atoms with Crippen molar-refractivity contribution in [2.24, 2.45) is 5.73 Å². The van der Waals surface area contributed by atoms with E-state index in [1.54, 1.807) is 17.4 Å². The predicted molar refractivity (Wildman–Crippen MR) is 71.3 cm³/mol. The number of hydrogen-bond acceptors (Lipinski definition) is 3. The molecule has 1 unspecified atom stereocenters. The summed E-state index contributed by atoms with van der Waals surface area (Å²) in [6.07, 6.45) is 0. The van der Waals surface area contributed by atoms with Crippen molar-refractivity contribution < 1.29 is 9.18 Å². The van der Waals surface area contributed by atoms with Crippen molar-refractivity contribution in [2.75, 3.05) is 5.32 Å². The smallest absolute Gasteiger partial charge is 0.251 e. The molecule has 0 radical (unpaired) electrons. The molecule has 1 aromatic carbocycles. The van der Waals surface area contributed by atoms with Crippen molar-refractivity contribution in [3.63, 3.8) is 0 Å². The summed E-state index contributed by atoms with van der Waals surface area (Å²) in [5.41, 5.74) is 6.82. The Kier molecular flexibility index (Phi) is 3.62. The molecular weight excluding hydrogens is 251 g/mol. The number of carbonyl (C=O) groups excluding carboxylic acids is 1. The summed E-state index contributed by atoms with van der Waals surface area (Å²) in [6, 6.07) is 6.36. The molecule has 94 valence electrons. The Morgan fingerprint density at radius 3 is 2.83 bits per heavy atom. The van der Waals surface area contributed by atoms with Gasteiger partial charge in [0.25, 0.3) is 5.91 Å². The minimum Gasteiger partial charge on any atom is -0.378 e. The molecule has 0 spiro atoms. The lowest BCUT2D eigenvalue weighted by molar-refractivity contribution is 0.0996. The Morgan fingerprint density at radius 1 is 1.44 bits per heavy atom. The largest absolute Gasteiger partial charge is 0.378 e. The molecule has 2 rings (SSSR count). The van der Waals surface area contributed by atoms with Crippen LogP contribution < -0.4 is 11.1 Å². The Balaban J connectivity index is 2.20. The molecule has 3 N–H and O–H groups in total. The van der Waals surface area contributed by atoms with Gasteiger partial charge in [-0.2, -0.15) is 11.3 Å². The van der Waals surface area contributed by atoms with Crippen LogP contribution in [0.4, 0.5) is 10.1 Å². The number of primary amides is 1. The Hall–Kier alpha value is -1.88. The second kappa shape index (κ2) is 5.18. The van der Waals surface area contributed by atoms with Gasteiger partial charge in [0, 0.05) is 11.7 Å². The van der Waals surface area contributed by atoms with Crippen molar-refractivity contribution in [2.45, 2.75) is 13.0 Å². The second-order valence-electron chi connectivity index (χ2n) is 3.98. The Labute approximate surface area is 108 Å². The fourth-order valence-corrected chi connectivity index (χ4v) is 2.41. The summed E-state index contributed by atoms with van der Waals surface area (Å²) in [5.74, 6) is -1.37. The van der Waals surface area contributed by atoms with Gasteiger partial charge in [0.2, 0.25) is 0 Å². The number of carbonyl (C=O) groups is 1. The topological polar surface area (TPSA) is 55.1 Å². The minimum atomic E-state index is -0.765. The lowest BCUT2D eigenvalue weighted by atomic mass is 10.1. The van der Waals surface area contributed by atoms with Gasteiger partial charge in [0.1, 0.15) is 5.82 Å². The fraction of sp³-hybridized carbons (Fsp3) is 0.154. The van der Waals surface area contributed by atoms with Gasteiger partial charge in [-0.1, -0.05) is 0 Å². The first-order chi connectivity index (χ1) is 8.58. The van der Waals surface area contributed by atoms with Crippen molar-refractivity contribution in [1.29, 1.82) is 0 Å². The highest BCUT2D eigenvalue weighted by Gasteiger charge is 2.11. The van der Waals surface area contributed by atoms with Crippen LogP contribution in [0.15, 0.2) is 35.0 Å². The van der Waals surface area contributed by atoms with Crippen molar-refractivity contribution in [3.8, 4) is 0 Å². The molecule has 1 aromatic heterocycles. The van der Waals surface area contributed by atoms with E-state index in [0.717, 1.165) is 5.56 Å². The van der Waals surface area contributed by atoms with Gasteiger partial charge in [-0.15, -0.1) is 0 Å². The quantitative estimate of drug-likeness (QED) is 0.891. The van der Waals surface area contributed by atoms with Crippen molar-refractivity contribution in [1.82, 2.24) is 0 Å². The molecule has 0 aliphatic carbocycles. The van der Waals surface area contributed by atoms with Crippen LogP contribution in [0.5, 0.6) is 0 Å². The first-order valence-electron chi connectivity index (χ1n) is 5.46. The van der Waals surface area contributed by atoms with Crippen LogP contribution >= 0.6 is 11.3 Å². The monoisotopic (exact) mass is 264 g/mol. The molecule has 0 aliphatic heterocycles. The number of hydrogen-bond donors (Lipinski definition) is 2. The Bertz CT molecular complexity index is 554. The molecule has 1 atom stereocenters. The van der Waals surface area contributed by atoms with Crippen LogP contribution in [0.1, 0.15) is 28.9 Å². The van der Waals surface area contributed by atoms with E-state index in [-0.39, 0.29) is 11.6 Å². The van der Waals surface area contributed by atoms with Crippen LogP contribution in [0, 0.1) is 5.82 Å². The third-order valence-electron chi connectivity index (χ3n) is 2.66. The molecule has 0 saturated heterocycles. The summed E-state index contributed by atoms with van der Waals surface area (Å²) in [4.78, 5) is 11.0. The van der Waals surface area contributed by atoms with E-state index in [1.165, 1.54) is 12.1 Å². The molecule has 0 bridgehead atoms. The zero-order valence-corrected chi connectivity index (χ0v) is 10.6. The van der Waals surface area contributed by atoms with Gasteiger partial charge >= 0.3 is 0 Å². The molecule has 2 aromatic rings. The van der Waals surface area contributed by atoms with Crippen LogP contribution in [-0.4, -0.2) is 5.91 Å². The molecular formula is C13H13FN2OS. The summed E-state index contributed by atoms with van der Waals surface area (Å²) in [5, 5.41) is 7.23. The third-order valence-corrected chi connectivity index (χ3v) is 3.36. The zero-order valence-electron chi connectivity index (χ0n) is 9.81. The molecule has 1 heterocycles. The van der Waals surface area contributed by atoms with Gasteiger partial charge in [0.15, 0.2) is 0 Å². The first kappa shape index (κ1) is 12.6. The highest BCUT2D eigenvalue weighted by Crippen LogP contribution is 2.22. The number of anilines is 1. The normalized spacial score (nSPS) is 12.1. The summed E-state index contributed by atoms with van der Waals surface area (Å²) >= 11 is 1.61. The highest BCUT2D eigenvalue weighted by molar-refractivity contribution is 7.07. The van der Waals surface area contributed by atoms with Gasteiger partial charge in [0.05, 0.1) is 5.56 Å². The number of halogens is 1. The average Bonchev–Trinajstić information content (AvgIpc) is 2.85. The summed E-state index contributed by atoms with van der Waals surface area (Å²) < 4.78 is 13.3. The number of benzene rings is 1. The second-order valence-corrected chi connectivity index (χ2v) is 4.76. The number of rotatable bonds is 4. The maximum atomic E-state index is 13.3. The lowest BCUT2D eigenvalue weighted by Gasteiger charge is -2.14. The SMILES string of the molecule is CC(Nc1ccc(F)c(C(N)=O)c1)c1ccsc1. The number of nitrogens with two attached hydrogens (primary N) is 1. The van der Waals surface area contributed by atoms with Crippen LogP contribution in [-0.2, 0) is 0 Å². The van der Waals surface area contributed by atoms with E-state index in [0.29, 0.717) is 5.69 Å². The molecule has 5 heteroatoms. The van der Waals surface area contributed by atoms with E-state index in [4.69, 9.17) is 5.73 Å². The molecule has 1 amide bonds. The Morgan fingerprint density at radius 2 is 2.22 bits per heavy atom. The summed E-state index contributed by atoms with van der Waals surface area (Å²) in [7, 11) is 0. The fourth-order valence-electron chi connectivity index (χ4n) is 1.66. The van der Waals surface area contributed by atoms with Crippen LogP contribution in [0.3, 0.4) is 0 Å². The van der Waals surface area contributed by atoms with E-state index in [9.17, 15) is 9.18 Å². The van der Waals surface area contributed by atoms with Crippen LogP contribution in [0.2, 0.25) is 0 Å². The van der Waals surface area contributed by atoms with E-state index < -0.39 is 11.7 Å². The van der Waals surface area contributed by atoms with E-state index in [1.807, 2.05) is 23.8 Å². The minimum absolute atomic E-state index is 0.0856. The molecule has 0 fully saturated rings. The third kappa shape index (κ3) is 2.68. The van der Waals surface area contributed by atoms with Gasteiger partial charge in [-0.05, 0) is 47.5 Å². The predicted octanol–water partition coefficient (Wildman–Crippen LogP) is 3.16. The lowest BCUT2D eigenvalue weighted by Crippen LogP contribution is -2.14.